The van der Waals surface area contributed by atoms with Gasteiger partial charge in [0.2, 0.25) is 0 Å². The molecule has 4 rings (SSSR count). The van der Waals surface area contributed by atoms with Crippen LogP contribution in [-0.4, -0.2) is 6.61 Å². The third kappa shape index (κ3) is 5.79. The number of allylic oxidation sites excluding steroid dienone is 1. The largest absolute Gasteiger partial charge is 0.432 e. The zero-order chi connectivity index (χ0) is 23.2. The van der Waals surface area contributed by atoms with Gasteiger partial charge in [-0.05, 0) is 85.2 Å². The van der Waals surface area contributed by atoms with Crippen LogP contribution in [0.4, 0.5) is 13.2 Å². The van der Waals surface area contributed by atoms with Crippen molar-refractivity contribution in [2.24, 2.45) is 11.8 Å². The van der Waals surface area contributed by atoms with Gasteiger partial charge in [0.15, 0.2) is 11.6 Å². The third-order valence-corrected chi connectivity index (χ3v) is 6.40. The molecule has 0 amide bonds. The molecule has 0 bridgehead atoms. The van der Waals surface area contributed by atoms with E-state index in [4.69, 9.17) is 0 Å². The van der Waals surface area contributed by atoms with Gasteiger partial charge in [0.1, 0.15) is 0 Å². The van der Waals surface area contributed by atoms with Gasteiger partial charge < -0.3 is 4.74 Å². The van der Waals surface area contributed by atoms with Crippen LogP contribution in [0, 0.1) is 29.5 Å². The number of benzene rings is 3. The maximum atomic E-state index is 14.5. The van der Waals surface area contributed by atoms with Crippen molar-refractivity contribution < 1.29 is 17.9 Å². The van der Waals surface area contributed by atoms with E-state index in [1.807, 2.05) is 36.4 Å². The van der Waals surface area contributed by atoms with Crippen molar-refractivity contribution in [2.75, 3.05) is 0 Å². The Balaban J connectivity index is 1.43. The summed E-state index contributed by atoms with van der Waals surface area (Å²) in [4.78, 5) is 0. The number of alkyl halides is 2. The van der Waals surface area contributed by atoms with Gasteiger partial charge in [-0.3, -0.25) is 0 Å². The van der Waals surface area contributed by atoms with E-state index in [1.165, 1.54) is 38.2 Å². The number of hydrogen-bond acceptors (Lipinski definition) is 1. The van der Waals surface area contributed by atoms with E-state index in [9.17, 15) is 13.2 Å². The van der Waals surface area contributed by atoms with E-state index in [0.717, 1.165) is 29.0 Å². The Bertz CT molecular complexity index is 1160. The van der Waals surface area contributed by atoms with E-state index in [0.29, 0.717) is 11.3 Å². The SMILES string of the molecule is C=CCCC1CCC(C#Cc2ccc(-c3ccc4c(F)c(OC(F)F)ccc4c3)cc2)CC1. The molecule has 4 heteroatoms. The molecule has 1 nitrogen and oxygen atoms in total. The fraction of sp³-hybridized carbons (Fsp3) is 0.310. The van der Waals surface area contributed by atoms with Gasteiger partial charge in [-0.1, -0.05) is 48.2 Å². The smallest absolute Gasteiger partial charge is 0.387 e. The van der Waals surface area contributed by atoms with Crippen LogP contribution in [0.1, 0.15) is 44.1 Å². The fourth-order valence-corrected chi connectivity index (χ4v) is 4.52. The molecule has 0 unspecified atom stereocenters. The van der Waals surface area contributed by atoms with Crippen molar-refractivity contribution in [1.29, 1.82) is 0 Å². The molecule has 33 heavy (non-hydrogen) atoms. The Kier molecular flexibility index (Phi) is 7.40. The second kappa shape index (κ2) is 10.6. The minimum Gasteiger partial charge on any atom is -0.432 e. The Hall–Kier alpha value is -3.19. The van der Waals surface area contributed by atoms with Crippen LogP contribution < -0.4 is 4.74 Å². The van der Waals surface area contributed by atoms with Crippen LogP contribution in [0.15, 0.2) is 67.3 Å². The first-order valence-corrected chi connectivity index (χ1v) is 11.4. The minimum absolute atomic E-state index is 0.249. The summed E-state index contributed by atoms with van der Waals surface area (Å²) in [7, 11) is 0. The fourth-order valence-electron chi connectivity index (χ4n) is 4.52. The number of ether oxygens (including phenoxy) is 1. The van der Waals surface area contributed by atoms with Crippen LogP contribution >= 0.6 is 0 Å². The molecule has 0 N–H and O–H groups in total. The molecule has 170 valence electrons. The Morgan fingerprint density at radius 3 is 2.39 bits per heavy atom. The summed E-state index contributed by atoms with van der Waals surface area (Å²) in [6.07, 6.45) is 9.21. The summed E-state index contributed by atoms with van der Waals surface area (Å²) < 4.78 is 43.6. The zero-order valence-electron chi connectivity index (χ0n) is 18.5. The van der Waals surface area contributed by atoms with E-state index >= 15 is 0 Å². The first-order valence-electron chi connectivity index (χ1n) is 11.4. The molecule has 3 aromatic rings. The lowest BCUT2D eigenvalue weighted by Gasteiger charge is -2.25. The van der Waals surface area contributed by atoms with E-state index < -0.39 is 18.2 Å². The first kappa shape index (κ1) is 23.0. The molecule has 0 saturated heterocycles. The van der Waals surface area contributed by atoms with Gasteiger partial charge in [0.05, 0.1) is 0 Å². The number of rotatable bonds is 6. The molecule has 0 radical (unpaired) electrons. The lowest BCUT2D eigenvalue weighted by Crippen LogP contribution is -2.13. The molecule has 1 aliphatic rings. The van der Waals surface area contributed by atoms with Crippen LogP contribution in [-0.2, 0) is 0 Å². The highest BCUT2D eigenvalue weighted by molar-refractivity contribution is 5.89. The van der Waals surface area contributed by atoms with Gasteiger partial charge in [-0.25, -0.2) is 4.39 Å². The van der Waals surface area contributed by atoms with Gasteiger partial charge >= 0.3 is 6.61 Å². The van der Waals surface area contributed by atoms with Crippen LogP contribution in [0.5, 0.6) is 5.75 Å². The summed E-state index contributed by atoms with van der Waals surface area (Å²) in [5.74, 6) is 6.83. The second-order valence-corrected chi connectivity index (χ2v) is 8.62. The van der Waals surface area contributed by atoms with Crippen LogP contribution in [0.3, 0.4) is 0 Å². The van der Waals surface area contributed by atoms with Crippen molar-refractivity contribution >= 4 is 10.8 Å². The molecule has 0 spiro atoms. The molecule has 0 aromatic heterocycles. The summed E-state index contributed by atoms with van der Waals surface area (Å²) in [6.45, 7) is 0.752. The van der Waals surface area contributed by atoms with Gasteiger partial charge in [-0.15, -0.1) is 6.58 Å². The van der Waals surface area contributed by atoms with E-state index in [-0.39, 0.29) is 5.39 Å². The highest BCUT2D eigenvalue weighted by Crippen LogP contribution is 2.32. The molecule has 1 fully saturated rings. The summed E-state index contributed by atoms with van der Waals surface area (Å²) in [5, 5.41) is 0.873. The third-order valence-electron chi connectivity index (χ3n) is 6.40. The summed E-state index contributed by atoms with van der Waals surface area (Å²) in [6, 6.07) is 16.1. The molecular formula is C29H27F3O. The predicted molar refractivity (Wildman–Crippen MR) is 128 cm³/mol. The van der Waals surface area contributed by atoms with Crippen molar-refractivity contribution in [3.05, 3.63) is 78.6 Å². The predicted octanol–water partition coefficient (Wildman–Crippen LogP) is 8.37. The highest BCUT2D eigenvalue weighted by Gasteiger charge is 2.19. The number of hydrogen-bond donors (Lipinski definition) is 0. The summed E-state index contributed by atoms with van der Waals surface area (Å²) in [5.41, 5.74) is 2.88. The number of halogens is 3. The lowest BCUT2D eigenvalue weighted by atomic mass is 9.80. The highest BCUT2D eigenvalue weighted by atomic mass is 19.3. The molecule has 0 aliphatic heterocycles. The topological polar surface area (TPSA) is 9.23 Å². The normalized spacial score (nSPS) is 18.1. The Morgan fingerprint density at radius 2 is 1.70 bits per heavy atom. The quantitative estimate of drug-likeness (QED) is 0.272. The number of fused-ring (bicyclic) bond motifs is 1. The molecule has 0 heterocycles. The maximum Gasteiger partial charge on any atom is 0.387 e. The molecular weight excluding hydrogens is 421 g/mol. The average Bonchev–Trinajstić information content (AvgIpc) is 2.84. The lowest BCUT2D eigenvalue weighted by molar-refractivity contribution is -0.0520. The second-order valence-electron chi connectivity index (χ2n) is 8.62. The zero-order valence-corrected chi connectivity index (χ0v) is 18.5. The van der Waals surface area contributed by atoms with Crippen LogP contribution in [0.2, 0.25) is 0 Å². The molecule has 1 aliphatic carbocycles. The van der Waals surface area contributed by atoms with Crippen molar-refractivity contribution in [3.8, 4) is 28.7 Å². The van der Waals surface area contributed by atoms with Crippen molar-refractivity contribution in [1.82, 2.24) is 0 Å². The van der Waals surface area contributed by atoms with Gasteiger partial charge in [0, 0.05) is 16.9 Å². The first-order chi connectivity index (χ1) is 16.0. The summed E-state index contributed by atoms with van der Waals surface area (Å²) >= 11 is 0. The van der Waals surface area contributed by atoms with Crippen molar-refractivity contribution in [3.63, 3.8) is 0 Å². The Morgan fingerprint density at radius 1 is 0.970 bits per heavy atom. The monoisotopic (exact) mass is 448 g/mol. The van der Waals surface area contributed by atoms with E-state index in [2.05, 4.69) is 23.2 Å². The van der Waals surface area contributed by atoms with E-state index in [1.54, 1.807) is 18.2 Å². The maximum absolute atomic E-state index is 14.5. The Labute approximate surface area is 193 Å². The molecule has 3 aromatic carbocycles. The van der Waals surface area contributed by atoms with Gasteiger partial charge in [-0.2, -0.15) is 8.78 Å². The standard InChI is InChI=1S/C29H27F3O/c1-2-3-4-20-5-7-21(8-6-20)9-10-22-11-13-23(14-12-22)24-15-17-26-25(19-24)16-18-27(28(26)30)33-29(31)32/h2,11-21,29H,1,3-8H2. The molecule has 0 atom stereocenters. The minimum atomic E-state index is -3.06. The van der Waals surface area contributed by atoms with Gasteiger partial charge in [0.25, 0.3) is 0 Å². The average molecular weight is 449 g/mol. The van der Waals surface area contributed by atoms with Crippen molar-refractivity contribution in [2.45, 2.75) is 45.1 Å². The molecule has 1 saturated carbocycles. The van der Waals surface area contributed by atoms with Crippen LogP contribution in [0.25, 0.3) is 21.9 Å².